The molecule has 1 aliphatic rings. The Morgan fingerprint density at radius 1 is 1.06 bits per heavy atom. The summed E-state index contributed by atoms with van der Waals surface area (Å²) in [5, 5.41) is 6.77. The second-order valence-corrected chi connectivity index (χ2v) is 7.86. The highest BCUT2D eigenvalue weighted by molar-refractivity contribution is 5.88. The van der Waals surface area contributed by atoms with Crippen molar-refractivity contribution in [3.8, 4) is 0 Å². The van der Waals surface area contributed by atoms with Crippen LogP contribution in [-0.2, 0) is 24.2 Å². The van der Waals surface area contributed by atoms with Crippen molar-refractivity contribution in [2.45, 2.75) is 32.4 Å². The summed E-state index contributed by atoms with van der Waals surface area (Å²) < 4.78 is 5.25. The third kappa shape index (κ3) is 5.32. The number of benzene rings is 2. The van der Waals surface area contributed by atoms with Gasteiger partial charge in [0.15, 0.2) is 5.82 Å². The van der Waals surface area contributed by atoms with Gasteiger partial charge in [-0.1, -0.05) is 65.8 Å². The van der Waals surface area contributed by atoms with Crippen LogP contribution in [0.3, 0.4) is 0 Å². The topological polar surface area (TPSA) is 91.6 Å². The first-order valence-corrected chi connectivity index (χ1v) is 10.8. The number of nitrogens with zero attached hydrogens (tertiary/aromatic N) is 4. The van der Waals surface area contributed by atoms with Crippen molar-refractivity contribution in [3.05, 3.63) is 83.5 Å². The van der Waals surface area contributed by atoms with Gasteiger partial charge in [-0.25, -0.2) is 4.79 Å². The molecule has 2 heterocycles. The second-order valence-electron chi connectivity index (χ2n) is 7.86. The molecule has 1 aliphatic heterocycles. The molecular weight excluding hydrogens is 406 g/mol. The van der Waals surface area contributed by atoms with E-state index in [1.165, 1.54) is 0 Å². The number of aromatic nitrogens is 2. The summed E-state index contributed by atoms with van der Waals surface area (Å²) in [4.78, 5) is 34.0. The van der Waals surface area contributed by atoms with Gasteiger partial charge in [0, 0.05) is 26.2 Å². The monoisotopic (exact) mass is 433 g/mol. The maximum Gasteiger partial charge on any atom is 0.318 e. The average Bonchev–Trinajstić information content (AvgIpc) is 3.22. The summed E-state index contributed by atoms with van der Waals surface area (Å²) in [7, 11) is 0. The van der Waals surface area contributed by atoms with Crippen molar-refractivity contribution in [2.24, 2.45) is 0 Å². The van der Waals surface area contributed by atoms with E-state index in [1.807, 2.05) is 60.7 Å². The lowest BCUT2D eigenvalue weighted by Gasteiger charge is -2.40. The van der Waals surface area contributed by atoms with Crippen LogP contribution < -0.4 is 5.32 Å². The molecule has 1 atom stereocenters. The average molecular weight is 434 g/mol. The van der Waals surface area contributed by atoms with Gasteiger partial charge in [0.1, 0.15) is 6.04 Å². The normalized spacial score (nSPS) is 16.3. The summed E-state index contributed by atoms with van der Waals surface area (Å²) in [5.41, 5.74) is 2.20. The van der Waals surface area contributed by atoms with Gasteiger partial charge < -0.3 is 19.6 Å². The van der Waals surface area contributed by atoms with Gasteiger partial charge in [0.25, 0.3) is 0 Å². The molecule has 1 aromatic heterocycles. The molecule has 166 valence electrons. The number of piperazine rings is 1. The SMILES string of the molecule is Cc1noc(CC2C(=O)N(Cc3ccccc3)CCN2C(=O)NCCc2ccccc2)n1. The Labute approximate surface area is 187 Å². The number of aryl methyl sites for hydroxylation is 1. The minimum absolute atomic E-state index is 0.117. The number of rotatable bonds is 7. The van der Waals surface area contributed by atoms with Crippen LogP contribution in [0.5, 0.6) is 0 Å². The fraction of sp³-hybridized carbons (Fsp3) is 0.333. The molecule has 32 heavy (non-hydrogen) atoms. The molecule has 1 fully saturated rings. The molecule has 4 rings (SSSR count). The van der Waals surface area contributed by atoms with Gasteiger partial charge in [0.2, 0.25) is 11.8 Å². The Kier molecular flexibility index (Phi) is 6.79. The molecular formula is C24H27N5O3. The number of carbonyl (C=O) groups is 2. The van der Waals surface area contributed by atoms with Gasteiger partial charge >= 0.3 is 6.03 Å². The molecule has 1 N–H and O–H groups in total. The highest BCUT2D eigenvalue weighted by Crippen LogP contribution is 2.18. The van der Waals surface area contributed by atoms with Crippen molar-refractivity contribution in [2.75, 3.05) is 19.6 Å². The van der Waals surface area contributed by atoms with Gasteiger partial charge in [-0.15, -0.1) is 0 Å². The second kappa shape index (κ2) is 10.1. The number of carbonyl (C=O) groups excluding carboxylic acids is 2. The summed E-state index contributed by atoms with van der Waals surface area (Å²) >= 11 is 0. The van der Waals surface area contributed by atoms with E-state index in [4.69, 9.17) is 4.52 Å². The van der Waals surface area contributed by atoms with Crippen LogP contribution >= 0.6 is 0 Å². The molecule has 8 heteroatoms. The summed E-state index contributed by atoms with van der Waals surface area (Å²) in [6, 6.07) is 18.9. The van der Waals surface area contributed by atoms with Crippen molar-refractivity contribution < 1.29 is 14.1 Å². The molecule has 3 aromatic rings. The third-order valence-corrected chi connectivity index (χ3v) is 5.53. The van der Waals surface area contributed by atoms with Crippen LogP contribution in [0.2, 0.25) is 0 Å². The van der Waals surface area contributed by atoms with E-state index in [0.717, 1.165) is 17.5 Å². The Hall–Kier alpha value is -3.68. The molecule has 0 spiro atoms. The zero-order chi connectivity index (χ0) is 22.3. The van der Waals surface area contributed by atoms with Crippen LogP contribution in [-0.4, -0.2) is 57.6 Å². The van der Waals surface area contributed by atoms with Crippen LogP contribution in [0.4, 0.5) is 4.79 Å². The van der Waals surface area contributed by atoms with E-state index in [9.17, 15) is 9.59 Å². The van der Waals surface area contributed by atoms with E-state index < -0.39 is 6.04 Å². The van der Waals surface area contributed by atoms with Crippen LogP contribution in [0.1, 0.15) is 22.8 Å². The molecule has 0 saturated carbocycles. The predicted octanol–water partition coefficient (Wildman–Crippen LogP) is 2.59. The lowest BCUT2D eigenvalue weighted by atomic mass is 10.1. The summed E-state index contributed by atoms with van der Waals surface area (Å²) in [6.07, 6.45) is 0.916. The van der Waals surface area contributed by atoms with Gasteiger partial charge in [-0.05, 0) is 24.5 Å². The summed E-state index contributed by atoms with van der Waals surface area (Å²) in [5.74, 6) is 0.738. The maximum absolute atomic E-state index is 13.4. The van der Waals surface area contributed by atoms with E-state index in [0.29, 0.717) is 37.9 Å². The number of urea groups is 1. The molecule has 0 bridgehead atoms. The van der Waals surface area contributed by atoms with E-state index in [1.54, 1.807) is 16.7 Å². The minimum atomic E-state index is -0.691. The number of nitrogens with one attached hydrogen (secondary N) is 1. The Morgan fingerprint density at radius 3 is 2.41 bits per heavy atom. The van der Waals surface area contributed by atoms with E-state index >= 15 is 0 Å². The first kappa shape index (κ1) is 21.5. The summed E-state index contributed by atoms with van der Waals surface area (Å²) in [6.45, 7) is 3.63. The van der Waals surface area contributed by atoms with Crippen molar-refractivity contribution in [1.29, 1.82) is 0 Å². The highest BCUT2D eigenvalue weighted by atomic mass is 16.5. The Balaban J connectivity index is 1.44. The van der Waals surface area contributed by atoms with Crippen LogP contribution in [0, 0.1) is 6.92 Å². The molecule has 3 amide bonds. The number of amides is 3. The highest BCUT2D eigenvalue weighted by Gasteiger charge is 2.38. The van der Waals surface area contributed by atoms with Crippen LogP contribution in [0.15, 0.2) is 65.2 Å². The van der Waals surface area contributed by atoms with Gasteiger partial charge in [-0.3, -0.25) is 4.79 Å². The fourth-order valence-electron chi connectivity index (χ4n) is 3.89. The maximum atomic E-state index is 13.4. The van der Waals surface area contributed by atoms with E-state index in [2.05, 4.69) is 15.5 Å². The first-order chi connectivity index (χ1) is 15.6. The molecule has 0 aliphatic carbocycles. The zero-order valence-corrected chi connectivity index (χ0v) is 18.1. The van der Waals surface area contributed by atoms with Crippen molar-refractivity contribution in [1.82, 2.24) is 25.3 Å². The minimum Gasteiger partial charge on any atom is -0.339 e. The largest absolute Gasteiger partial charge is 0.339 e. The lowest BCUT2D eigenvalue weighted by Crippen LogP contribution is -2.61. The van der Waals surface area contributed by atoms with Crippen molar-refractivity contribution in [3.63, 3.8) is 0 Å². The Morgan fingerprint density at radius 2 is 1.75 bits per heavy atom. The Bertz CT molecular complexity index is 1040. The fourth-order valence-corrected chi connectivity index (χ4v) is 3.89. The quantitative estimate of drug-likeness (QED) is 0.618. The molecule has 1 saturated heterocycles. The zero-order valence-electron chi connectivity index (χ0n) is 18.1. The number of hydrogen-bond acceptors (Lipinski definition) is 5. The predicted molar refractivity (Wildman–Crippen MR) is 119 cm³/mol. The van der Waals surface area contributed by atoms with Crippen molar-refractivity contribution >= 4 is 11.9 Å². The molecule has 1 unspecified atom stereocenters. The first-order valence-electron chi connectivity index (χ1n) is 10.8. The standard InChI is InChI=1S/C24H27N5O3/c1-18-26-22(32-27-18)16-21-23(30)28(17-20-10-6-3-7-11-20)14-15-29(21)24(31)25-13-12-19-8-4-2-5-9-19/h2-11,21H,12-17H2,1H3,(H,25,31). The van der Waals surface area contributed by atoms with E-state index in [-0.39, 0.29) is 18.4 Å². The number of hydrogen-bond donors (Lipinski definition) is 1. The molecule has 0 radical (unpaired) electrons. The molecule has 2 aromatic carbocycles. The third-order valence-electron chi connectivity index (χ3n) is 5.53. The van der Waals surface area contributed by atoms with Gasteiger partial charge in [-0.2, -0.15) is 4.98 Å². The smallest absolute Gasteiger partial charge is 0.318 e. The van der Waals surface area contributed by atoms with Crippen LogP contribution in [0.25, 0.3) is 0 Å². The molecule has 8 nitrogen and oxygen atoms in total. The van der Waals surface area contributed by atoms with Gasteiger partial charge in [0.05, 0.1) is 6.42 Å². The lowest BCUT2D eigenvalue weighted by molar-refractivity contribution is -0.140.